The van der Waals surface area contributed by atoms with Gasteiger partial charge in [0, 0.05) is 41.9 Å². The van der Waals surface area contributed by atoms with Gasteiger partial charge in [-0.1, -0.05) is 17.7 Å². The summed E-state index contributed by atoms with van der Waals surface area (Å²) in [4.78, 5) is 54.9. The number of aromatic nitrogens is 7. The number of rotatable bonds is 6. The normalized spacial score (nSPS) is 11.8. The summed E-state index contributed by atoms with van der Waals surface area (Å²) in [6, 6.07) is 8.93. The van der Waals surface area contributed by atoms with Crippen molar-refractivity contribution in [1.29, 1.82) is 0 Å². The molecule has 5 rings (SSSR count). The fourth-order valence-electron chi connectivity index (χ4n) is 4.26. The average Bonchev–Trinajstić information content (AvgIpc) is 3.45. The van der Waals surface area contributed by atoms with Gasteiger partial charge in [-0.15, -0.1) is 0 Å². The molecule has 5 aromatic rings. The molecule has 0 saturated carbocycles. The van der Waals surface area contributed by atoms with Crippen LogP contribution in [0.2, 0.25) is 5.02 Å². The Kier molecular flexibility index (Phi) is 6.84. The first kappa shape index (κ1) is 26.9. The number of imidazole rings is 1. The molecule has 4 aromatic heterocycles. The molecule has 208 valence electrons. The zero-order chi connectivity index (χ0) is 28.8. The molecule has 13 nitrogen and oxygen atoms in total. The Hall–Kier alpha value is -4.65. The van der Waals surface area contributed by atoms with Crippen LogP contribution in [-0.2, 0) is 31.9 Å². The summed E-state index contributed by atoms with van der Waals surface area (Å²) in [5.41, 5.74) is 0.301. The molecule has 0 aliphatic rings. The third-order valence-electron chi connectivity index (χ3n) is 6.09. The lowest BCUT2D eigenvalue weighted by atomic mass is 10.2. The Bertz CT molecular complexity index is 1880. The Labute approximate surface area is 232 Å². The molecule has 0 spiro atoms. The number of fused-ring (bicyclic) bond motifs is 2. The lowest BCUT2D eigenvalue weighted by Crippen LogP contribution is -2.39. The molecule has 1 aromatic carbocycles. The maximum Gasteiger partial charge on any atom is 0.408 e. The Morgan fingerprint density at radius 1 is 1.12 bits per heavy atom. The van der Waals surface area contributed by atoms with Crippen LogP contribution >= 0.6 is 11.6 Å². The number of benzene rings is 1. The molecule has 0 aliphatic heterocycles. The van der Waals surface area contributed by atoms with Gasteiger partial charge in [0.15, 0.2) is 11.2 Å². The first-order valence-electron chi connectivity index (χ1n) is 12.4. The maximum absolute atomic E-state index is 13.5. The van der Waals surface area contributed by atoms with Gasteiger partial charge in [0.2, 0.25) is 5.95 Å². The van der Waals surface area contributed by atoms with Crippen LogP contribution in [0.15, 0.2) is 46.1 Å². The van der Waals surface area contributed by atoms with Gasteiger partial charge in [-0.25, -0.2) is 19.6 Å². The van der Waals surface area contributed by atoms with Gasteiger partial charge in [0.25, 0.3) is 5.56 Å². The summed E-state index contributed by atoms with van der Waals surface area (Å²) in [6.45, 7) is 5.39. The second-order valence-electron chi connectivity index (χ2n) is 10.2. The Balaban J connectivity index is 1.43. The lowest BCUT2D eigenvalue weighted by Gasteiger charge is -2.19. The number of halogens is 1. The standard InChI is InChI=1S/C26H28ClN9O4/c1-26(2,3)40-24(38)29-12-19-28-10-9-18(31-19)32-23-33-21-20(34(23)4)22(37)36(25(39)35(21)5)13-14-11-15-16(27)7-6-8-17(15)30-14/h6-11,30H,12-13H2,1-5H3,(H,29,38)(H,28,31,32,33). The van der Waals surface area contributed by atoms with E-state index >= 15 is 0 Å². The van der Waals surface area contributed by atoms with Gasteiger partial charge < -0.3 is 24.9 Å². The third kappa shape index (κ3) is 5.27. The molecular weight excluding hydrogens is 538 g/mol. The minimum Gasteiger partial charge on any atom is -0.444 e. The molecule has 0 unspecified atom stereocenters. The van der Waals surface area contributed by atoms with Crippen molar-refractivity contribution in [3.63, 3.8) is 0 Å². The summed E-state index contributed by atoms with van der Waals surface area (Å²) in [5.74, 6) is 1.01. The number of carbonyl (C=O) groups excluding carboxylic acids is 1. The fraction of sp³-hybridized carbons (Fsp3) is 0.308. The fourth-order valence-corrected chi connectivity index (χ4v) is 4.49. The van der Waals surface area contributed by atoms with Crippen LogP contribution in [0.25, 0.3) is 22.1 Å². The number of carbonyl (C=O) groups is 1. The van der Waals surface area contributed by atoms with Crippen molar-refractivity contribution in [3.05, 3.63) is 73.9 Å². The molecule has 0 saturated heterocycles. The SMILES string of the molecule is Cn1c(Nc2ccnc(CNC(=O)OC(C)(C)C)n2)nc2c1c(=O)n(Cc1cc3c(Cl)cccc3[nH]1)c(=O)n2C. The Morgan fingerprint density at radius 2 is 1.90 bits per heavy atom. The number of aromatic amines is 1. The second-order valence-corrected chi connectivity index (χ2v) is 10.6. The van der Waals surface area contributed by atoms with Gasteiger partial charge >= 0.3 is 11.8 Å². The molecule has 0 atom stereocenters. The zero-order valence-electron chi connectivity index (χ0n) is 22.6. The molecule has 1 amide bonds. The minimum absolute atomic E-state index is 0.0281. The monoisotopic (exact) mass is 565 g/mol. The molecule has 0 radical (unpaired) electrons. The van der Waals surface area contributed by atoms with Gasteiger partial charge in [0.05, 0.1) is 13.1 Å². The van der Waals surface area contributed by atoms with E-state index in [0.717, 1.165) is 15.5 Å². The van der Waals surface area contributed by atoms with Crippen molar-refractivity contribution in [2.75, 3.05) is 5.32 Å². The van der Waals surface area contributed by atoms with Crippen molar-refractivity contribution in [3.8, 4) is 0 Å². The van der Waals surface area contributed by atoms with Crippen molar-refractivity contribution >= 4 is 51.5 Å². The van der Waals surface area contributed by atoms with E-state index in [1.807, 2.05) is 18.2 Å². The summed E-state index contributed by atoms with van der Waals surface area (Å²) in [6.07, 6.45) is 0.942. The number of aryl methyl sites for hydroxylation is 2. The van der Waals surface area contributed by atoms with E-state index in [2.05, 4.69) is 30.6 Å². The average molecular weight is 566 g/mol. The maximum atomic E-state index is 13.5. The third-order valence-corrected chi connectivity index (χ3v) is 6.42. The molecule has 3 N–H and O–H groups in total. The largest absolute Gasteiger partial charge is 0.444 e. The summed E-state index contributed by atoms with van der Waals surface area (Å²) in [7, 11) is 3.23. The molecule has 14 heteroatoms. The highest BCUT2D eigenvalue weighted by Gasteiger charge is 2.20. The highest BCUT2D eigenvalue weighted by Crippen LogP contribution is 2.24. The number of alkyl carbamates (subject to hydrolysis) is 1. The van der Waals surface area contributed by atoms with Crippen LogP contribution in [0.1, 0.15) is 32.3 Å². The molecule has 0 bridgehead atoms. The highest BCUT2D eigenvalue weighted by molar-refractivity contribution is 6.35. The van der Waals surface area contributed by atoms with Crippen molar-refractivity contribution in [2.24, 2.45) is 14.1 Å². The molecule has 0 fully saturated rings. The number of hydrogen-bond donors (Lipinski definition) is 3. The highest BCUT2D eigenvalue weighted by atomic mass is 35.5. The van der Waals surface area contributed by atoms with E-state index in [4.69, 9.17) is 16.3 Å². The summed E-state index contributed by atoms with van der Waals surface area (Å²) in [5, 5.41) is 7.06. The number of amides is 1. The topological polar surface area (TPSA) is 154 Å². The predicted molar refractivity (Wildman–Crippen MR) is 151 cm³/mol. The number of ether oxygens (including phenoxy) is 1. The van der Waals surface area contributed by atoms with Crippen molar-refractivity contribution in [1.82, 2.24) is 39.0 Å². The number of nitrogens with zero attached hydrogens (tertiary/aromatic N) is 6. The van der Waals surface area contributed by atoms with E-state index in [9.17, 15) is 14.4 Å². The van der Waals surface area contributed by atoms with Crippen molar-refractivity contribution in [2.45, 2.75) is 39.5 Å². The van der Waals surface area contributed by atoms with E-state index in [1.54, 1.807) is 51.6 Å². The van der Waals surface area contributed by atoms with E-state index in [-0.39, 0.29) is 24.3 Å². The molecule has 0 aliphatic carbocycles. The summed E-state index contributed by atoms with van der Waals surface area (Å²) < 4.78 is 9.28. The van der Waals surface area contributed by atoms with Gasteiger partial charge in [0.1, 0.15) is 17.2 Å². The summed E-state index contributed by atoms with van der Waals surface area (Å²) >= 11 is 6.29. The van der Waals surface area contributed by atoms with Crippen LogP contribution in [0.3, 0.4) is 0 Å². The number of H-pyrrole nitrogens is 1. The van der Waals surface area contributed by atoms with E-state index in [0.29, 0.717) is 28.3 Å². The number of nitrogens with one attached hydrogen (secondary N) is 3. The first-order valence-corrected chi connectivity index (χ1v) is 12.8. The van der Waals surface area contributed by atoms with Gasteiger partial charge in [-0.05, 0) is 45.0 Å². The van der Waals surface area contributed by atoms with Crippen LogP contribution in [0.5, 0.6) is 0 Å². The first-order chi connectivity index (χ1) is 18.9. The van der Waals surface area contributed by atoms with Gasteiger partial charge in [-0.3, -0.25) is 13.9 Å². The number of hydrogen-bond acceptors (Lipinski definition) is 8. The molecule has 4 heterocycles. The Morgan fingerprint density at radius 3 is 2.62 bits per heavy atom. The molecule has 40 heavy (non-hydrogen) atoms. The quantitative estimate of drug-likeness (QED) is 0.284. The van der Waals surface area contributed by atoms with Crippen LogP contribution in [0, 0.1) is 0 Å². The predicted octanol–water partition coefficient (Wildman–Crippen LogP) is 3.18. The van der Waals surface area contributed by atoms with Crippen LogP contribution < -0.4 is 21.9 Å². The van der Waals surface area contributed by atoms with E-state index in [1.165, 1.54) is 10.8 Å². The molecular formula is C26H28ClN9O4. The van der Waals surface area contributed by atoms with Crippen LogP contribution in [-0.4, -0.2) is 45.3 Å². The zero-order valence-corrected chi connectivity index (χ0v) is 23.3. The van der Waals surface area contributed by atoms with Crippen LogP contribution in [0.4, 0.5) is 16.6 Å². The smallest absolute Gasteiger partial charge is 0.408 e. The van der Waals surface area contributed by atoms with E-state index < -0.39 is 22.9 Å². The van der Waals surface area contributed by atoms with Gasteiger partial charge in [-0.2, -0.15) is 4.98 Å². The van der Waals surface area contributed by atoms with Crippen molar-refractivity contribution < 1.29 is 9.53 Å². The minimum atomic E-state index is -0.628. The lowest BCUT2D eigenvalue weighted by molar-refractivity contribution is 0.0522. The second kappa shape index (κ2) is 10.2. The number of anilines is 2.